The second-order valence-electron chi connectivity index (χ2n) is 2.59. The van der Waals surface area contributed by atoms with E-state index in [2.05, 4.69) is 11.4 Å². The zero-order valence-corrected chi connectivity index (χ0v) is 5.72. The summed E-state index contributed by atoms with van der Waals surface area (Å²) in [5.41, 5.74) is 0. The molecule has 1 aliphatic carbocycles. The Kier molecular flexibility index (Phi) is 2.07. The van der Waals surface area contributed by atoms with Crippen molar-refractivity contribution in [2.75, 3.05) is 7.05 Å². The molecular weight excluding hydrogens is 112 g/mol. The largest absolute Gasteiger partial charge is 0.305 e. The second kappa shape index (κ2) is 2.84. The highest BCUT2D eigenvalue weighted by molar-refractivity contribution is 4.96. The van der Waals surface area contributed by atoms with Crippen LogP contribution in [0.15, 0.2) is 0 Å². The lowest BCUT2D eigenvalue weighted by molar-refractivity contribution is 0.271. The molecule has 0 spiro atoms. The van der Waals surface area contributed by atoms with Crippen molar-refractivity contribution in [1.29, 1.82) is 5.26 Å². The summed E-state index contributed by atoms with van der Waals surface area (Å²) in [4.78, 5) is 0. The molecule has 0 aliphatic heterocycles. The Balaban J connectivity index is 2.30. The van der Waals surface area contributed by atoms with Crippen molar-refractivity contribution in [3.63, 3.8) is 0 Å². The maximum absolute atomic E-state index is 8.55. The van der Waals surface area contributed by atoms with Gasteiger partial charge >= 0.3 is 0 Å². The van der Waals surface area contributed by atoms with Gasteiger partial charge in [0.1, 0.15) is 0 Å². The molecule has 0 bridgehead atoms. The molecule has 0 saturated heterocycles. The Bertz CT molecular complexity index is 121. The molecule has 1 fully saturated rings. The van der Waals surface area contributed by atoms with Crippen LogP contribution in [0.5, 0.6) is 0 Å². The second-order valence-corrected chi connectivity index (χ2v) is 2.59. The number of hydrogen-bond donors (Lipinski definition) is 1. The fourth-order valence-electron chi connectivity index (χ4n) is 1.18. The smallest absolute Gasteiger partial charge is 0.0979 e. The van der Waals surface area contributed by atoms with Crippen molar-refractivity contribution in [2.24, 2.45) is 5.92 Å². The summed E-state index contributed by atoms with van der Waals surface area (Å²) in [6.07, 6.45) is 3.78. The molecule has 1 N–H and O–H groups in total. The summed E-state index contributed by atoms with van der Waals surface area (Å²) >= 11 is 0. The van der Waals surface area contributed by atoms with E-state index in [0.717, 1.165) is 0 Å². The minimum Gasteiger partial charge on any atom is -0.305 e. The van der Waals surface area contributed by atoms with Crippen LogP contribution < -0.4 is 5.32 Å². The van der Waals surface area contributed by atoms with Gasteiger partial charge in [0.05, 0.1) is 12.1 Å². The predicted octanol–water partition coefficient (Wildman–Crippen LogP) is 0.898. The van der Waals surface area contributed by atoms with Crippen LogP contribution in [0, 0.1) is 17.2 Å². The molecule has 0 aromatic heterocycles. The van der Waals surface area contributed by atoms with E-state index in [-0.39, 0.29) is 6.04 Å². The third kappa shape index (κ3) is 1.22. The summed E-state index contributed by atoms with van der Waals surface area (Å²) < 4.78 is 0. The third-order valence-corrected chi connectivity index (χ3v) is 2.07. The average Bonchev–Trinajstić information content (AvgIpc) is 1.78. The molecule has 1 aliphatic rings. The van der Waals surface area contributed by atoms with Crippen LogP contribution in [0.25, 0.3) is 0 Å². The van der Waals surface area contributed by atoms with Gasteiger partial charge < -0.3 is 5.32 Å². The van der Waals surface area contributed by atoms with Crippen LogP contribution in [-0.4, -0.2) is 13.1 Å². The number of nitrogens with zero attached hydrogens (tertiary/aromatic N) is 1. The molecular formula is C7H12N2. The SMILES string of the molecule is CNC(C#N)C1CCC1. The number of nitriles is 1. The Morgan fingerprint density at radius 2 is 2.33 bits per heavy atom. The van der Waals surface area contributed by atoms with Crippen molar-refractivity contribution in [2.45, 2.75) is 25.3 Å². The highest BCUT2D eigenvalue weighted by Gasteiger charge is 2.25. The summed E-state index contributed by atoms with van der Waals surface area (Å²) in [5, 5.41) is 11.5. The van der Waals surface area contributed by atoms with E-state index < -0.39 is 0 Å². The average molecular weight is 124 g/mol. The van der Waals surface area contributed by atoms with Gasteiger partial charge in [-0.1, -0.05) is 6.42 Å². The van der Waals surface area contributed by atoms with Gasteiger partial charge in [0.2, 0.25) is 0 Å². The van der Waals surface area contributed by atoms with E-state index in [1.807, 2.05) is 7.05 Å². The van der Waals surface area contributed by atoms with Gasteiger partial charge in [-0.25, -0.2) is 0 Å². The van der Waals surface area contributed by atoms with E-state index in [1.165, 1.54) is 19.3 Å². The Hall–Kier alpha value is -0.550. The molecule has 0 aromatic rings. The highest BCUT2D eigenvalue weighted by atomic mass is 14.9. The fourth-order valence-corrected chi connectivity index (χ4v) is 1.18. The van der Waals surface area contributed by atoms with Crippen molar-refractivity contribution in [1.82, 2.24) is 5.32 Å². The maximum Gasteiger partial charge on any atom is 0.0979 e. The first kappa shape index (κ1) is 6.57. The van der Waals surface area contributed by atoms with Crippen LogP contribution in [0.4, 0.5) is 0 Å². The van der Waals surface area contributed by atoms with Crippen molar-refractivity contribution in [3.05, 3.63) is 0 Å². The fraction of sp³-hybridized carbons (Fsp3) is 0.857. The van der Waals surface area contributed by atoms with E-state index in [1.54, 1.807) is 0 Å². The number of nitrogens with one attached hydrogen (secondary N) is 1. The molecule has 0 radical (unpaired) electrons. The molecule has 0 amide bonds. The lowest BCUT2D eigenvalue weighted by Gasteiger charge is -2.28. The zero-order valence-electron chi connectivity index (χ0n) is 5.72. The quantitative estimate of drug-likeness (QED) is 0.593. The molecule has 2 heteroatoms. The Morgan fingerprint density at radius 1 is 1.67 bits per heavy atom. The highest BCUT2D eigenvalue weighted by Crippen LogP contribution is 2.28. The molecule has 1 atom stereocenters. The summed E-state index contributed by atoms with van der Waals surface area (Å²) in [5.74, 6) is 0.639. The Morgan fingerprint density at radius 3 is 2.44 bits per heavy atom. The van der Waals surface area contributed by atoms with Crippen LogP contribution >= 0.6 is 0 Å². The first-order valence-electron chi connectivity index (χ1n) is 3.45. The topological polar surface area (TPSA) is 35.8 Å². The molecule has 0 aromatic carbocycles. The molecule has 1 unspecified atom stereocenters. The van der Waals surface area contributed by atoms with Gasteiger partial charge in [-0.05, 0) is 25.8 Å². The van der Waals surface area contributed by atoms with E-state index >= 15 is 0 Å². The molecule has 1 saturated carbocycles. The minimum atomic E-state index is 0.110. The van der Waals surface area contributed by atoms with E-state index in [0.29, 0.717) is 5.92 Å². The molecule has 0 heterocycles. The molecule has 2 nitrogen and oxygen atoms in total. The monoisotopic (exact) mass is 124 g/mol. The normalized spacial score (nSPS) is 22.2. The first-order valence-corrected chi connectivity index (χ1v) is 3.45. The van der Waals surface area contributed by atoms with Crippen molar-refractivity contribution < 1.29 is 0 Å². The van der Waals surface area contributed by atoms with Gasteiger partial charge in [0.15, 0.2) is 0 Å². The Labute approximate surface area is 55.9 Å². The number of rotatable bonds is 2. The van der Waals surface area contributed by atoms with E-state index in [9.17, 15) is 0 Å². The minimum absolute atomic E-state index is 0.110. The molecule has 9 heavy (non-hydrogen) atoms. The van der Waals surface area contributed by atoms with Gasteiger partial charge in [0, 0.05) is 0 Å². The van der Waals surface area contributed by atoms with Crippen LogP contribution in [0.3, 0.4) is 0 Å². The van der Waals surface area contributed by atoms with Gasteiger partial charge in [-0.2, -0.15) is 5.26 Å². The van der Waals surface area contributed by atoms with Crippen molar-refractivity contribution in [3.8, 4) is 6.07 Å². The summed E-state index contributed by atoms with van der Waals surface area (Å²) in [6, 6.07) is 2.35. The van der Waals surface area contributed by atoms with Gasteiger partial charge in [-0.15, -0.1) is 0 Å². The summed E-state index contributed by atoms with van der Waals surface area (Å²) in [7, 11) is 1.85. The lowest BCUT2D eigenvalue weighted by atomic mass is 9.80. The van der Waals surface area contributed by atoms with Gasteiger partial charge in [0.25, 0.3) is 0 Å². The first-order chi connectivity index (χ1) is 4.38. The number of hydrogen-bond acceptors (Lipinski definition) is 2. The standard InChI is InChI=1S/C7H12N2/c1-9-7(5-8)6-3-2-4-6/h6-7,9H,2-4H2,1H3. The lowest BCUT2D eigenvalue weighted by Crippen LogP contribution is -2.35. The maximum atomic E-state index is 8.55. The van der Waals surface area contributed by atoms with Crippen molar-refractivity contribution >= 4 is 0 Å². The van der Waals surface area contributed by atoms with E-state index in [4.69, 9.17) is 5.26 Å². The van der Waals surface area contributed by atoms with Gasteiger partial charge in [-0.3, -0.25) is 0 Å². The molecule has 1 rings (SSSR count). The molecule has 50 valence electrons. The summed E-state index contributed by atoms with van der Waals surface area (Å²) in [6.45, 7) is 0. The third-order valence-electron chi connectivity index (χ3n) is 2.07. The van der Waals surface area contributed by atoms with Crippen LogP contribution in [0.1, 0.15) is 19.3 Å². The zero-order chi connectivity index (χ0) is 6.69. The van der Waals surface area contributed by atoms with Crippen LogP contribution in [0.2, 0.25) is 0 Å². The van der Waals surface area contributed by atoms with Crippen LogP contribution in [-0.2, 0) is 0 Å². The predicted molar refractivity (Wildman–Crippen MR) is 35.8 cm³/mol.